The lowest BCUT2D eigenvalue weighted by Crippen LogP contribution is -2.38. The van der Waals surface area contributed by atoms with Gasteiger partial charge < -0.3 is 4.74 Å². The minimum atomic E-state index is -0.172. The van der Waals surface area contributed by atoms with Crippen molar-refractivity contribution in [2.24, 2.45) is 11.8 Å². The zero-order valence-electron chi connectivity index (χ0n) is 15.3. The summed E-state index contributed by atoms with van der Waals surface area (Å²) in [6.45, 7) is 7.69. The second-order valence-electron chi connectivity index (χ2n) is 7.09. The van der Waals surface area contributed by atoms with Crippen LogP contribution in [0.25, 0.3) is 0 Å². The number of carbonyl (C=O) groups excluding carboxylic acids is 1. The van der Waals surface area contributed by atoms with Crippen molar-refractivity contribution in [3.8, 4) is 5.75 Å². The third kappa shape index (κ3) is 4.84. The standard InChI is InChI=1S/C19H24BrN3O2S/c1-12-6-13(2)9-23(8-12)10-15-11-26-19(21-15)22-18(24)14-4-5-17(25-3)16(20)7-14/h4-5,7,11-13H,6,8-10H2,1-3H3,(H,21,22,24)/t12-,13-/m1/s1. The third-order valence-electron chi connectivity index (χ3n) is 4.52. The van der Waals surface area contributed by atoms with Crippen molar-refractivity contribution in [3.05, 3.63) is 39.3 Å². The van der Waals surface area contributed by atoms with Crippen LogP contribution in [0.2, 0.25) is 0 Å². The van der Waals surface area contributed by atoms with E-state index in [0.29, 0.717) is 16.4 Å². The van der Waals surface area contributed by atoms with Crippen LogP contribution in [0.3, 0.4) is 0 Å². The number of anilines is 1. The maximum absolute atomic E-state index is 12.4. The first-order valence-corrected chi connectivity index (χ1v) is 10.4. The second-order valence-corrected chi connectivity index (χ2v) is 8.80. The monoisotopic (exact) mass is 437 g/mol. The molecule has 1 N–H and O–H groups in total. The molecule has 2 aromatic rings. The molecule has 0 bridgehead atoms. The summed E-state index contributed by atoms with van der Waals surface area (Å²) >= 11 is 4.87. The van der Waals surface area contributed by atoms with Crippen LogP contribution < -0.4 is 10.1 Å². The van der Waals surface area contributed by atoms with E-state index >= 15 is 0 Å². The molecule has 26 heavy (non-hydrogen) atoms. The fourth-order valence-corrected chi connectivity index (χ4v) is 4.80. The molecule has 3 rings (SSSR count). The van der Waals surface area contributed by atoms with E-state index in [1.54, 1.807) is 25.3 Å². The lowest BCUT2D eigenvalue weighted by atomic mass is 9.92. The van der Waals surface area contributed by atoms with Crippen LogP contribution in [0.1, 0.15) is 36.3 Å². The van der Waals surface area contributed by atoms with Gasteiger partial charge in [-0.3, -0.25) is 15.0 Å². The quantitative estimate of drug-likeness (QED) is 0.739. The number of aromatic nitrogens is 1. The number of rotatable bonds is 5. The van der Waals surface area contributed by atoms with E-state index in [-0.39, 0.29) is 5.91 Å². The van der Waals surface area contributed by atoms with E-state index in [9.17, 15) is 4.79 Å². The van der Waals surface area contributed by atoms with Crippen molar-refractivity contribution in [1.82, 2.24) is 9.88 Å². The topological polar surface area (TPSA) is 54.5 Å². The van der Waals surface area contributed by atoms with Gasteiger partial charge in [-0.15, -0.1) is 11.3 Å². The third-order valence-corrected chi connectivity index (χ3v) is 5.94. The number of hydrogen-bond donors (Lipinski definition) is 1. The minimum Gasteiger partial charge on any atom is -0.496 e. The molecule has 1 amide bonds. The summed E-state index contributed by atoms with van der Waals surface area (Å²) in [7, 11) is 1.60. The zero-order chi connectivity index (χ0) is 18.7. The van der Waals surface area contributed by atoms with Gasteiger partial charge in [-0.1, -0.05) is 13.8 Å². The summed E-state index contributed by atoms with van der Waals surface area (Å²) in [5.74, 6) is 1.98. The summed E-state index contributed by atoms with van der Waals surface area (Å²) in [6, 6.07) is 5.26. The van der Waals surface area contributed by atoms with Gasteiger partial charge in [-0.05, 0) is 52.4 Å². The highest BCUT2D eigenvalue weighted by Gasteiger charge is 2.22. The van der Waals surface area contributed by atoms with Gasteiger partial charge in [0.25, 0.3) is 5.91 Å². The van der Waals surface area contributed by atoms with Gasteiger partial charge in [0.15, 0.2) is 5.13 Å². The Balaban J connectivity index is 1.61. The molecule has 1 fully saturated rings. The molecule has 0 saturated carbocycles. The predicted molar refractivity (Wildman–Crippen MR) is 109 cm³/mol. The lowest BCUT2D eigenvalue weighted by Gasteiger charge is -2.34. The van der Waals surface area contributed by atoms with Crippen LogP contribution in [0.15, 0.2) is 28.1 Å². The molecule has 0 radical (unpaired) electrons. The molecule has 140 valence electrons. The van der Waals surface area contributed by atoms with E-state index in [1.807, 2.05) is 5.38 Å². The van der Waals surface area contributed by atoms with Crippen molar-refractivity contribution in [1.29, 1.82) is 0 Å². The second kappa shape index (κ2) is 8.50. The summed E-state index contributed by atoms with van der Waals surface area (Å²) in [5, 5.41) is 5.55. The number of amides is 1. The first-order chi connectivity index (χ1) is 12.4. The number of hydrogen-bond acceptors (Lipinski definition) is 5. The smallest absolute Gasteiger partial charge is 0.257 e. The number of halogens is 1. The molecule has 1 aromatic carbocycles. The Bertz CT molecular complexity index is 770. The number of likely N-dealkylation sites (tertiary alicyclic amines) is 1. The minimum absolute atomic E-state index is 0.172. The Labute approximate surface area is 166 Å². The van der Waals surface area contributed by atoms with Gasteiger partial charge in [-0.2, -0.15) is 0 Å². The molecule has 7 heteroatoms. The number of methoxy groups -OCH3 is 1. The molecular weight excluding hydrogens is 414 g/mol. The summed E-state index contributed by atoms with van der Waals surface area (Å²) < 4.78 is 5.95. The molecule has 2 heterocycles. The molecular formula is C19H24BrN3O2S. The SMILES string of the molecule is COc1ccc(C(=O)Nc2nc(CN3C[C@H](C)C[C@@H](C)C3)cs2)cc1Br. The number of thiazole rings is 1. The van der Waals surface area contributed by atoms with E-state index in [1.165, 1.54) is 17.8 Å². The highest BCUT2D eigenvalue weighted by atomic mass is 79.9. The maximum atomic E-state index is 12.4. The van der Waals surface area contributed by atoms with E-state index in [4.69, 9.17) is 4.74 Å². The maximum Gasteiger partial charge on any atom is 0.257 e. The Kier molecular flexibility index (Phi) is 6.32. The summed E-state index contributed by atoms with van der Waals surface area (Å²) in [6.07, 6.45) is 1.30. The molecule has 0 spiro atoms. The first-order valence-electron chi connectivity index (χ1n) is 8.76. The van der Waals surface area contributed by atoms with Gasteiger partial charge in [-0.25, -0.2) is 4.98 Å². The van der Waals surface area contributed by atoms with Crippen LogP contribution >= 0.6 is 27.3 Å². The van der Waals surface area contributed by atoms with Crippen molar-refractivity contribution in [2.45, 2.75) is 26.8 Å². The summed E-state index contributed by atoms with van der Waals surface area (Å²) in [5.41, 5.74) is 1.58. The number of nitrogens with zero attached hydrogens (tertiary/aromatic N) is 2. The number of nitrogens with one attached hydrogen (secondary N) is 1. The molecule has 2 atom stereocenters. The summed E-state index contributed by atoms with van der Waals surface area (Å²) in [4.78, 5) is 19.5. The van der Waals surface area contributed by atoms with Crippen molar-refractivity contribution in [2.75, 3.05) is 25.5 Å². The number of benzene rings is 1. The normalized spacial score (nSPS) is 20.8. The van der Waals surface area contributed by atoms with E-state index in [0.717, 1.165) is 41.6 Å². The van der Waals surface area contributed by atoms with Crippen molar-refractivity contribution >= 4 is 38.3 Å². The molecule has 1 aliphatic rings. The Hall–Kier alpha value is -1.44. The number of ether oxygens (including phenoxy) is 1. The molecule has 5 nitrogen and oxygen atoms in total. The lowest BCUT2D eigenvalue weighted by molar-refractivity contribution is 0.102. The van der Waals surface area contributed by atoms with Crippen LogP contribution in [-0.4, -0.2) is 36.0 Å². The molecule has 1 saturated heterocycles. The molecule has 1 aromatic heterocycles. The van der Waals surface area contributed by atoms with Gasteiger partial charge in [0.05, 0.1) is 17.3 Å². The fourth-order valence-electron chi connectivity index (χ4n) is 3.56. The number of carbonyl (C=O) groups is 1. The number of piperidine rings is 1. The predicted octanol–water partition coefficient (Wildman–Crippen LogP) is 4.64. The van der Waals surface area contributed by atoms with Gasteiger partial charge in [0, 0.05) is 30.6 Å². The van der Waals surface area contributed by atoms with Crippen LogP contribution in [0.5, 0.6) is 5.75 Å². The van der Waals surface area contributed by atoms with E-state index in [2.05, 4.69) is 45.0 Å². The van der Waals surface area contributed by atoms with Gasteiger partial charge in [0.1, 0.15) is 5.75 Å². The Morgan fingerprint density at radius 2 is 2.12 bits per heavy atom. The van der Waals surface area contributed by atoms with Crippen molar-refractivity contribution in [3.63, 3.8) is 0 Å². The molecule has 0 unspecified atom stereocenters. The average molecular weight is 438 g/mol. The largest absolute Gasteiger partial charge is 0.496 e. The van der Waals surface area contributed by atoms with Crippen LogP contribution in [0.4, 0.5) is 5.13 Å². The van der Waals surface area contributed by atoms with Gasteiger partial charge in [0.2, 0.25) is 0 Å². The average Bonchev–Trinajstić information content (AvgIpc) is 3.00. The Morgan fingerprint density at radius 1 is 1.38 bits per heavy atom. The van der Waals surface area contributed by atoms with Crippen molar-refractivity contribution < 1.29 is 9.53 Å². The first kappa shape index (κ1) is 19.3. The van der Waals surface area contributed by atoms with Crippen LogP contribution in [-0.2, 0) is 6.54 Å². The Morgan fingerprint density at radius 3 is 2.77 bits per heavy atom. The zero-order valence-corrected chi connectivity index (χ0v) is 17.7. The van der Waals surface area contributed by atoms with Crippen LogP contribution in [0, 0.1) is 11.8 Å². The van der Waals surface area contributed by atoms with Gasteiger partial charge >= 0.3 is 0 Å². The highest BCUT2D eigenvalue weighted by molar-refractivity contribution is 9.10. The molecule has 0 aliphatic carbocycles. The fraction of sp³-hybridized carbons (Fsp3) is 0.474. The van der Waals surface area contributed by atoms with E-state index < -0.39 is 0 Å². The molecule has 1 aliphatic heterocycles. The highest BCUT2D eigenvalue weighted by Crippen LogP contribution is 2.27.